The highest BCUT2D eigenvalue weighted by Crippen LogP contribution is 2.28. The molecule has 4 heteroatoms. The number of carbonyl (C=O) groups excluding carboxylic acids is 1. The number of amides is 1. The van der Waals surface area contributed by atoms with Crippen LogP contribution in [0.1, 0.15) is 26.7 Å². The number of nitrogens with one attached hydrogen (secondary N) is 1. The molecule has 3 nitrogen and oxygen atoms in total. The van der Waals surface area contributed by atoms with Gasteiger partial charge in [-0.05, 0) is 30.7 Å². The number of anilines is 1. The van der Waals surface area contributed by atoms with E-state index in [2.05, 4.69) is 18.3 Å². The molecule has 0 bridgehead atoms. The molecule has 0 saturated heterocycles. The zero-order valence-electron chi connectivity index (χ0n) is 10.1. The Kier molecular flexibility index (Phi) is 5.58. The van der Waals surface area contributed by atoms with E-state index in [1.54, 1.807) is 11.8 Å². The Balaban J connectivity index is 2.61. The SMILES string of the molecule is CCC(CC#N)Sc1ccc(NC(C)=O)cc1. The van der Waals surface area contributed by atoms with Gasteiger partial charge in [0.2, 0.25) is 5.91 Å². The smallest absolute Gasteiger partial charge is 0.221 e. The maximum Gasteiger partial charge on any atom is 0.221 e. The molecule has 90 valence electrons. The normalized spacial score (nSPS) is 11.6. The van der Waals surface area contributed by atoms with Gasteiger partial charge in [0.05, 0.1) is 6.07 Å². The second-order valence-electron chi connectivity index (χ2n) is 3.72. The molecule has 0 aliphatic rings. The molecular weight excluding hydrogens is 232 g/mol. The standard InChI is InChI=1S/C13H16N2OS/c1-3-12(8-9-14)17-13-6-4-11(5-7-13)15-10(2)16/h4-7,12H,3,8H2,1-2H3,(H,15,16). The van der Waals surface area contributed by atoms with Crippen molar-refractivity contribution in [1.29, 1.82) is 5.26 Å². The third-order valence-electron chi connectivity index (χ3n) is 2.25. The molecule has 0 spiro atoms. The summed E-state index contributed by atoms with van der Waals surface area (Å²) >= 11 is 1.71. The highest BCUT2D eigenvalue weighted by Gasteiger charge is 2.07. The minimum absolute atomic E-state index is 0.0682. The van der Waals surface area contributed by atoms with Gasteiger partial charge in [0.15, 0.2) is 0 Å². The van der Waals surface area contributed by atoms with Crippen molar-refractivity contribution in [1.82, 2.24) is 0 Å². The average molecular weight is 248 g/mol. The van der Waals surface area contributed by atoms with Crippen molar-refractivity contribution in [3.63, 3.8) is 0 Å². The molecule has 0 aromatic heterocycles. The summed E-state index contributed by atoms with van der Waals surface area (Å²) in [4.78, 5) is 12.0. The topological polar surface area (TPSA) is 52.9 Å². The number of thioether (sulfide) groups is 1. The van der Waals surface area contributed by atoms with Crippen LogP contribution in [-0.2, 0) is 4.79 Å². The molecule has 17 heavy (non-hydrogen) atoms. The number of carbonyl (C=O) groups is 1. The quantitative estimate of drug-likeness (QED) is 0.812. The summed E-state index contributed by atoms with van der Waals surface area (Å²) < 4.78 is 0. The van der Waals surface area contributed by atoms with Crippen LogP contribution in [-0.4, -0.2) is 11.2 Å². The number of nitrogens with zero attached hydrogens (tertiary/aromatic N) is 1. The maximum absolute atomic E-state index is 10.9. The summed E-state index contributed by atoms with van der Waals surface area (Å²) in [5, 5.41) is 11.7. The van der Waals surface area contributed by atoms with E-state index in [9.17, 15) is 4.79 Å². The van der Waals surface area contributed by atoms with Crippen LogP contribution >= 0.6 is 11.8 Å². The first-order chi connectivity index (χ1) is 8.15. The molecule has 0 radical (unpaired) electrons. The van der Waals surface area contributed by atoms with Crippen LogP contribution in [0.15, 0.2) is 29.2 Å². The summed E-state index contributed by atoms with van der Waals surface area (Å²) in [6.07, 6.45) is 1.54. The van der Waals surface area contributed by atoms with Gasteiger partial charge in [-0.15, -0.1) is 11.8 Å². The molecule has 1 rings (SSSR count). The first-order valence-electron chi connectivity index (χ1n) is 5.57. The molecule has 0 heterocycles. The molecule has 0 aliphatic heterocycles. The predicted octanol–water partition coefficient (Wildman–Crippen LogP) is 3.43. The van der Waals surface area contributed by atoms with E-state index < -0.39 is 0 Å². The van der Waals surface area contributed by atoms with Crippen molar-refractivity contribution in [2.24, 2.45) is 0 Å². The largest absolute Gasteiger partial charge is 0.326 e. The fourth-order valence-corrected chi connectivity index (χ4v) is 2.39. The molecule has 0 saturated carbocycles. The minimum atomic E-state index is -0.0682. The number of rotatable bonds is 5. The van der Waals surface area contributed by atoms with Crippen LogP contribution in [0.2, 0.25) is 0 Å². The highest BCUT2D eigenvalue weighted by atomic mass is 32.2. The molecule has 1 amide bonds. The fraction of sp³-hybridized carbons (Fsp3) is 0.385. The second kappa shape index (κ2) is 6.97. The number of hydrogen-bond donors (Lipinski definition) is 1. The van der Waals surface area contributed by atoms with Crippen LogP contribution in [0.3, 0.4) is 0 Å². The van der Waals surface area contributed by atoms with Gasteiger partial charge in [-0.2, -0.15) is 5.26 Å². The Hall–Kier alpha value is -1.47. The van der Waals surface area contributed by atoms with Crippen LogP contribution < -0.4 is 5.32 Å². The van der Waals surface area contributed by atoms with Gasteiger partial charge < -0.3 is 5.32 Å². The van der Waals surface area contributed by atoms with E-state index in [1.165, 1.54) is 6.92 Å². The Morgan fingerprint density at radius 3 is 2.59 bits per heavy atom. The molecule has 1 aromatic rings. The lowest BCUT2D eigenvalue weighted by molar-refractivity contribution is -0.114. The summed E-state index contributed by atoms with van der Waals surface area (Å²) in [6, 6.07) is 9.89. The monoisotopic (exact) mass is 248 g/mol. The van der Waals surface area contributed by atoms with Crippen LogP contribution in [0.4, 0.5) is 5.69 Å². The lowest BCUT2D eigenvalue weighted by Gasteiger charge is -2.10. The maximum atomic E-state index is 10.9. The first-order valence-corrected chi connectivity index (χ1v) is 6.45. The minimum Gasteiger partial charge on any atom is -0.326 e. The number of benzene rings is 1. The van der Waals surface area contributed by atoms with Gasteiger partial charge in [-0.25, -0.2) is 0 Å². The lowest BCUT2D eigenvalue weighted by atomic mass is 10.3. The third-order valence-corrected chi connectivity index (χ3v) is 3.63. The molecule has 0 fully saturated rings. The van der Waals surface area contributed by atoms with E-state index in [4.69, 9.17) is 5.26 Å². The van der Waals surface area contributed by atoms with E-state index in [-0.39, 0.29) is 5.91 Å². The molecule has 1 N–H and O–H groups in total. The van der Waals surface area contributed by atoms with Crippen molar-refractivity contribution in [2.45, 2.75) is 36.8 Å². The second-order valence-corrected chi connectivity index (χ2v) is 5.09. The van der Waals surface area contributed by atoms with Crippen LogP contribution in [0, 0.1) is 11.3 Å². The lowest BCUT2D eigenvalue weighted by Crippen LogP contribution is -2.05. The number of hydrogen-bond acceptors (Lipinski definition) is 3. The van der Waals surface area contributed by atoms with Gasteiger partial charge >= 0.3 is 0 Å². The van der Waals surface area contributed by atoms with Crippen molar-refractivity contribution < 1.29 is 4.79 Å². The van der Waals surface area contributed by atoms with Crippen LogP contribution in [0.5, 0.6) is 0 Å². The van der Waals surface area contributed by atoms with E-state index in [0.29, 0.717) is 11.7 Å². The average Bonchev–Trinajstić information content (AvgIpc) is 2.30. The molecule has 1 aromatic carbocycles. The zero-order valence-corrected chi connectivity index (χ0v) is 10.9. The van der Waals surface area contributed by atoms with Crippen molar-refractivity contribution in [3.8, 4) is 6.07 Å². The zero-order chi connectivity index (χ0) is 12.7. The van der Waals surface area contributed by atoms with Crippen molar-refractivity contribution >= 4 is 23.4 Å². The molecule has 1 unspecified atom stereocenters. The number of nitriles is 1. The van der Waals surface area contributed by atoms with Gasteiger partial charge in [0.1, 0.15) is 0 Å². The Bertz CT molecular complexity index is 408. The van der Waals surface area contributed by atoms with Gasteiger partial charge in [0, 0.05) is 29.2 Å². The highest BCUT2D eigenvalue weighted by molar-refractivity contribution is 8.00. The van der Waals surface area contributed by atoms with Gasteiger partial charge in [-0.3, -0.25) is 4.79 Å². The fourth-order valence-electron chi connectivity index (χ4n) is 1.38. The summed E-state index contributed by atoms with van der Waals surface area (Å²) in [6.45, 7) is 3.57. The van der Waals surface area contributed by atoms with E-state index >= 15 is 0 Å². The van der Waals surface area contributed by atoms with Crippen molar-refractivity contribution in [3.05, 3.63) is 24.3 Å². The molecule has 1 atom stereocenters. The molecular formula is C13H16N2OS. The van der Waals surface area contributed by atoms with E-state index in [1.807, 2.05) is 24.3 Å². The summed E-state index contributed by atoms with van der Waals surface area (Å²) in [5.74, 6) is -0.0682. The Morgan fingerprint density at radius 2 is 2.12 bits per heavy atom. The van der Waals surface area contributed by atoms with Crippen LogP contribution in [0.25, 0.3) is 0 Å². The third kappa shape index (κ3) is 4.92. The van der Waals surface area contributed by atoms with Gasteiger partial charge in [-0.1, -0.05) is 6.92 Å². The Labute approximate surface area is 106 Å². The summed E-state index contributed by atoms with van der Waals surface area (Å²) in [5.41, 5.74) is 0.801. The predicted molar refractivity (Wildman–Crippen MR) is 70.9 cm³/mol. The van der Waals surface area contributed by atoms with E-state index in [0.717, 1.165) is 17.0 Å². The first kappa shape index (κ1) is 13.6. The molecule has 0 aliphatic carbocycles. The van der Waals surface area contributed by atoms with Gasteiger partial charge in [0.25, 0.3) is 0 Å². The Morgan fingerprint density at radius 1 is 1.47 bits per heavy atom. The summed E-state index contributed by atoms with van der Waals surface area (Å²) in [7, 11) is 0. The van der Waals surface area contributed by atoms with Crippen molar-refractivity contribution in [2.75, 3.05) is 5.32 Å².